The number of benzene rings is 2. The van der Waals surface area contributed by atoms with Crippen LogP contribution in [0.5, 0.6) is 0 Å². The van der Waals surface area contributed by atoms with Crippen LogP contribution in [0, 0.1) is 13.8 Å². The van der Waals surface area contributed by atoms with Gasteiger partial charge in [0.15, 0.2) is 0 Å². The fourth-order valence-corrected chi connectivity index (χ4v) is 4.02. The van der Waals surface area contributed by atoms with Crippen LogP contribution >= 0.6 is 0 Å². The van der Waals surface area contributed by atoms with Crippen molar-refractivity contribution >= 4 is 23.3 Å². The molecule has 6 heteroatoms. The third-order valence-corrected chi connectivity index (χ3v) is 5.59. The molecule has 0 saturated carbocycles. The molecular formula is C22H26N4O2. The maximum absolute atomic E-state index is 13.2. The molecule has 0 bridgehead atoms. The molecule has 4 rings (SSSR count). The number of amides is 3. The quantitative estimate of drug-likeness (QED) is 0.893. The van der Waals surface area contributed by atoms with E-state index in [4.69, 9.17) is 0 Å². The molecule has 6 nitrogen and oxygen atoms in total. The molecule has 0 unspecified atom stereocenters. The van der Waals surface area contributed by atoms with E-state index in [9.17, 15) is 9.59 Å². The lowest BCUT2D eigenvalue weighted by molar-refractivity contribution is -0.132. The maximum Gasteiger partial charge on any atom is 0.322 e. The molecule has 0 radical (unpaired) electrons. The van der Waals surface area contributed by atoms with Gasteiger partial charge in [-0.3, -0.25) is 9.69 Å². The molecule has 28 heavy (non-hydrogen) atoms. The lowest BCUT2D eigenvalue weighted by Crippen LogP contribution is -2.55. The Morgan fingerprint density at radius 1 is 1.00 bits per heavy atom. The second kappa shape index (κ2) is 7.54. The minimum atomic E-state index is -0.484. The number of aryl methyl sites for hydroxylation is 2. The number of nitrogens with one attached hydrogen (secondary N) is 1. The van der Waals surface area contributed by atoms with Gasteiger partial charge in [0.1, 0.15) is 6.04 Å². The highest BCUT2D eigenvalue weighted by atomic mass is 16.2. The van der Waals surface area contributed by atoms with Crippen LogP contribution in [0.2, 0.25) is 0 Å². The Balaban J connectivity index is 1.45. The fraction of sp³-hybridized carbons (Fsp3) is 0.364. The zero-order chi connectivity index (χ0) is 19.7. The number of para-hydroxylation sites is 1. The van der Waals surface area contributed by atoms with E-state index >= 15 is 0 Å². The number of hydrogen-bond acceptors (Lipinski definition) is 3. The number of urea groups is 1. The van der Waals surface area contributed by atoms with Crippen LogP contribution < -0.4 is 15.1 Å². The number of nitrogens with zero attached hydrogens (tertiary/aromatic N) is 3. The molecule has 2 aromatic rings. The van der Waals surface area contributed by atoms with Crippen molar-refractivity contribution < 1.29 is 9.59 Å². The second-order valence-electron chi connectivity index (χ2n) is 7.51. The Hall–Kier alpha value is -3.02. The van der Waals surface area contributed by atoms with Gasteiger partial charge in [0.05, 0.1) is 0 Å². The summed E-state index contributed by atoms with van der Waals surface area (Å²) in [5, 5.41) is 2.82. The molecule has 3 amide bonds. The van der Waals surface area contributed by atoms with Crippen LogP contribution in [-0.4, -0.2) is 55.6 Å². The number of hydrogen-bond donors (Lipinski definition) is 1. The molecule has 2 aliphatic rings. The van der Waals surface area contributed by atoms with Gasteiger partial charge < -0.3 is 15.1 Å². The molecule has 2 aromatic carbocycles. The van der Waals surface area contributed by atoms with Crippen LogP contribution in [0.15, 0.2) is 48.5 Å². The monoisotopic (exact) mass is 378 g/mol. The van der Waals surface area contributed by atoms with Crippen LogP contribution in [0.4, 0.5) is 16.2 Å². The SMILES string of the molecule is Cc1ccc(C)c(N2CCN(C(=O)[C@@H]3CNC(=O)N3c3ccccc3)CC2)c1. The summed E-state index contributed by atoms with van der Waals surface area (Å²) in [6.45, 7) is 7.51. The molecular weight excluding hydrogens is 352 g/mol. The third-order valence-electron chi connectivity index (χ3n) is 5.59. The molecule has 2 fully saturated rings. The van der Waals surface area contributed by atoms with E-state index in [1.807, 2.05) is 35.2 Å². The Morgan fingerprint density at radius 2 is 1.71 bits per heavy atom. The lowest BCUT2D eigenvalue weighted by Gasteiger charge is -2.38. The van der Waals surface area contributed by atoms with Gasteiger partial charge in [0.25, 0.3) is 0 Å². The highest BCUT2D eigenvalue weighted by molar-refractivity contribution is 6.03. The Kier molecular flexibility index (Phi) is 4.94. The number of carbonyl (C=O) groups is 2. The standard InChI is InChI=1S/C22H26N4O2/c1-16-8-9-17(2)19(14-16)24-10-12-25(13-11-24)21(27)20-15-23-22(28)26(20)18-6-4-3-5-7-18/h3-9,14,20H,10-13,15H2,1-2H3,(H,23,28)/t20-/m0/s1. The molecule has 1 atom stereocenters. The van der Waals surface area contributed by atoms with Crippen molar-refractivity contribution in [1.82, 2.24) is 10.2 Å². The summed E-state index contributed by atoms with van der Waals surface area (Å²) in [6, 6.07) is 15.2. The number of carbonyl (C=O) groups excluding carboxylic acids is 2. The van der Waals surface area contributed by atoms with Crippen molar-refractivity contribution in [3.8, 4) is 0 Å². The fourth-order valence-electron chi connectivity index (χ4n) is 4.02. The van der Waals surface area contributed by atoms with Gasteiger partial charge in [0, 0.05) is 44.1 Å². The van der Waals surface area contributed by atoms with E-state index in [1.165, 1.54) is 16.8 Å². The number of anilines is 2. The first-order valence-corrected chi connectivity index (χ1v) is 9.77. The molecule has 0 aromatic heterocycles. The summed E-state index contributed by atoms with van der Waals surface area (Å²) >= 11 is 0. The molecule has 2 heterocycles. The van der Waals surface area contributed by atoms with E-state index in [1.54, 1.807) is 4.90 Å². The minimum absolute atomic E-state index is 0.0165. The molecule has 0 aliphatic carbocycles. The zero-order valence-corrected chi connectivity index (χ0v) is 16.4. The summed E-state index contributed by atoms with van der Waals surface area (Å²) in [5.41, 5.74) is 4.50. The Bertz CT molecular complexity index is 875. The van der Waals surface area contributed by atoms with Gasteiger partial charge in [-0.15, -0.1) is 0 Å². The topological polar surface area (TPSA) is 55.9 Å². The predicted molar refractivity (Wildman–Crippen MR) is 111 cm³/mol. The molecule has 0 spiro atoms. The second-order valence-corrected chi connectivity index (χ2v) is 7.51. The average molecular weight is 378 g/mol. The normalized spacial score (nSPS) is 19.7. The van der Waals surface area contributed by atoms with Gasteiger partial charge in [0.2, 0.25) is 5.91 Å². The number of rotatable bonds is 3. The van der Waals surface area contributed by atoms with Gasteiger partial charge >= 0.3 is 6.03 Å². The molecule has 2 aliphatic heterocycles. The third kappa shape index (κ3) is 3.42. The first kappa shape index (κ1) is 18.3. The highest BCUT2D eigenvalue weighted by Crippen LogP contribution is 2.25. The highest BCUT2D eigenvalue weighted by Gasteiger charge is 2.39. The van der Waals surface area contributed by atoms with Gasteiger partial charge in [-0.1, -0.05) is 30.3 Å². The van der Waals surface area contributed by atoms with E-state index in [0.717, 1.165) is 18.8 Å². The van der Waals surface area contributed by atoms with Crippen molar-refractivity contribution in [2.24, 2.45) is 0 Å². The zero-order valence-electron chi connectivity index (χ0n) is 16.4. The summed E-state index contributed by atoms with van der Waals surface area (Å²) in [6.07, 6.45) is 0. The Labute approximate surface area is 165 Å². The maximum atomic E-state index is 13.2. The van der Waals surface area contributed by atoms with Gasteiger partial charge in [-0.2, -0.15) is 0 Å². The largest absolute Gasteiger partial charge is 0.368 e. The van der Waals surface area contributed by atoms with Crippen molar-refractivity contribution in [3.63, 3.8) is 0 Å². The summed E-state index contributed by atoms with van der Waals surface area (Å²) in [7, 11) is 0. The lowest BCUT2D eigenvalue weighted by atomic mass is 10.1. The summed E-state index contributed by atoms with van der Waals surface area (Å²) in [5.74, 6) is 0.0165. The molecule has 146 valence electrons. The smallest absolute Gasteiger partial charge is 0.322 e. The van der Waals surface area contributed by atoms with Crippen molar-refractivity contribution in [2.45, 2.75) is 19.9 Å². The number of piperazine rings is 1. The Morgan fingerprint density at radius 3 is 2.43 bits per heavy atom. The van der Waals surface area contributed by atoms with Crippen molar-refractivity contribution in [1.29, 1.82) is 0 Å². The van der Waals surface area contributed by atoms with E-state index in [-0.39, 0.29) is 11.9 Å². The van der Waals surface area contributed by atoms with Gasteiger partial charge in [-0.25, -0.2) is 4.79 Å². The first-order chi connectivity index (χ1) is 13.5. The van der Waals surface area contributed by atoms with E-state index in [0.29, 0.717) is 19.6 Å². The van der Waals surface area contributed by atoms with Crippen LogP contribution in [0.1, 0.15) is 11.1 Å². The van der Waals surface area contributed by atoms with Crippen LogP contribution in [0.25, 0.3) is 0 Å². The van der Waals surface area contributed by atoms with Crippen LogP contribution in [-0.2, 0) is 4.79 Å². The minimum Gasteiger partial charge on any atom is -0.368 e. The van der Waals surface area contributed by atoms with E-state index in [2.05, 4.69) is 42.3 Å². The summed E-state index contributed by atoms with van der Waals surface area (Å²) in [4.78, 5) is 31.3. The average Bonchev–Trinajstić information content (AvgIpc) is 3.11. The predicted octanol–water partition coefficient (Wildman–Crippen LogP) is 2.55. The van der Waals surface area contributed by atoms with Crippen molar-refractivity contribution in [3.05, 3.63) is 59.7 Å². The molecule has 2 saturated heterocycles. The van der Waals surface area contributed by atoms with Crippen LogP contribution in [0.3, 0.4) is 0 Å². The van der Waals surface area contributed by atoms with Gasteiger partial charge in [-0.05, 0) is 43.2 Å². The summed E-state index contributed by atoms with van der Waals surface area (Å²) < 4.78 is 0. The van der Waals surface area contributed by atoms with Crippen molar-refractivity contribution in [2.75, 3.05) is 42.5 Å². The molecule has 1 N–H and O–H groups in total. The van der Waals surface area contributed by atoms with E-state index < -0.39 is 6.04 Å². The first-order valence-electron chi connectivity index (χ1n) is 9.77.